The summed E-state index contributed by atoms with van der Waals surface area (Å²) in [6.07, 6.45) is -0.513. The Balaban J connectivity index is 2.89. The quantitative estimate of drug-likeness (QED) is 0.565. The number of halogens is 1. The normalized spacial score (nSPS) is 10.4. The zero-order valence-electron chi connectivity index (χ0n) is 5.42. The molecule has 0 aliphatic rings. The van der Waals surface area contributed by atoms with Crippen molar-refractivity contribution in [3.05, 3.63) is 35.6 Å². The summed E-state index contributed by atoms with van der Waals surface area (Å²) in [5, 5.41) is 0. The molecule has 0 bridgehead atoms. The second-order valence-electron chi connectivity index (χ2n) is 2.08. The van der Waals surface area contributed by atoms with Crippen LogP contribution >= 0.6 is 0 Å². The molecule has 0 unspecified atom stereocenters. The molecule has 2 nitrogen and oxygen atoms in total. The highest BCUT2D eigenvalue weighted by Gasteiger charge is 1.97. The Morgan fingerprint density at radius 2 is 1.60 bits per heavy atom. The fourth-order valence-electron chi connectivity index (χ4n) is 0.685. The average molecular weight is 140 g/mol. The minimum Gasteiger partial charge on any atom is -0.312 e. The molecule has 0 radical (unpaired) electrons. The van der Waals surface area contributed by atoms with Crippen LogP contribution in [0.4, 0.5) is 4.39 Å². The molecule has 0 atom stereocenters. The topological polar surface area (TPSA) is 52.0 Å². The smallest absolute Gasteiger partial charge is 0.123 e. The molecule has 1 rings (SSSR count). The standard InChI is InChI=1S/C7H9FN2/c8-6-3-1-5(2-4-6)7(9)10/h1-4,7H,9-10H2. The van der Waals surface area contributed by atoms with Crippen LogP contribution in [0.25, 0.3) is 0 Å². The predicted molar refractivity (Wildman–Crippen MR) is 37.5 cm³/mol. The van der Waals surface area contributed by atoms with E-state index in [0.717, 1.165) is 5.56 Å². The van der Waals surface area contributed by atoms with Crippen molar-refractivity contribution in [1.82, 2.24) is 0 Å². The molecule has 1 aromatic rings. The summed E-state index contributed by atoms with van der Waals surface area (Å²) >= 11 is 0. The van der Waals surface area contributed by atoms with Gasteiger partial charge in [0.25, 0.3) is 0 Å². The number of benzene rings is 1. The molecule has 0 aliphatic carbocycles. The van der Waals surface area contributed by atoms with Gasteiger partial charge >= 0.3 is 0 Å². The van der Waals surface area contributed by atoms with Gasteiger partial charge in [-0.25, -0.2) is 4.39 Å². The van der Waals surface area contributed by atoms with E-state index >= 15 is 0 Å². The second-order valence-corrected chi connectivity index (χ2v) is 2.08. The van der Waals surface area contributed by atoms with Crippen molar-refractivity contribution in [3.8, 4) is 0 Å². The fourth-order valence-corrected chi connectivity index (χ4v) is 0.685. The maximum absolute atomic E-state index is 12.3. The van der Waals surface area contributed by atoms with Gasteiger partial charge in [0.2, 0.25) is 0 Å². The Morgan fingerprint density at radius 1 is 1.10 bits per heavy atom. The van der Waals surface area contributed by atoms with Crippen LogP contribution in [0.5, 0.6) is 0 Å². The van der Waals surface area contributed by atoms with Crippen molar-refractivity contribution < 1.29 is 4.39 Å². The van der Waals surface area contributed by atoms with E-state index in [-0.39, 0.29) is 5.82 Å². The molecule has 0 aromatic heterocycles. The molecule has 3 heteroatoms. The van der Waals surface area contributed by atoms with Crippen LogP contribution in [-0.2, 0) is 0 Å². The van der Waals surface area contributed by atoms with Gasteiger partial charge in [0.05, 0.1) is 6.17 Å². The summed E-state index contributed by atoms with van der Waals surface area (Å²) in [6, 6.07) is 5.81. The summed E-state index contributed by atoms with van der Waals surface area (Å²) < 4.78 is 12.3. The monoisotopic (exact) mass is 140 g/mol. The van der Waals surface area contributed by atoms with Gasteiger partial charge in [-0.3, -0.25) is 0 Å². The summed E-state index contributed by atoms with van der Waals surface area (Å²) in [4.78, 5) is 0. The highest BCUT2D eigenvalue weighted by Crippen LogP contribution is 2.05. The first-order chi connectivity index (χ1) is 4.70. The van der Waals surface area contributed by atoms with Crippen LogP contribution in [0.1, 0.15) is 11.7 Å². The molecule has 0 spiro atoms. The minimum atomic E-state index is -0.513. The molecule has 10 heavy (non-hydrogen) atoms. The first-order valence-corrected chi connectivity index (χ1v) is 2.97. The van der Waals surface area contributed by atoms with Crippen molar-refractivity contribution in [2.75, 3.05) is 0 Å². The van der Waals surface area contributed by atoms with Crippen molar-refractivity contribution >= 4 is 0 Å². The first-order valence-electron chi connectivity index (χ1n) is 2.97. The lowest BCUT2D eigenvalue weighted by molar-refractivity contribution is 0.625. The number of nitrogens with two attached hydrogens (primary N) is 2. The Morgan fingerprint density at radius 3 is 2.00 bits per heavy atom. The van der Waals surface area contributed by atoms with Gasteiger partial charge in [-0.15, -0.1) is 0 Å². The Hall–Kier alpha value is -0.930. The van der Waals surface area contributed by atoms with Crippen LogP contribution < -0.4 is 11.5 Å². The van der Waals surface area contributed by atoms with E-state index in [4.69, 9.17) is 11.5 Å². The molecule has 0 amide bonds. The third-order valence-corrected chi connectivity index (χ3v) is 1.25. The first kappa shape index (κ1) is 7.18. The van der Waals surface area contributed by atoms with Crippen molar-refractivity contribution in [1.29, 1.82) is 0 Å². The van der Waals surface area contributed by atoms with Gasteiger partial charge in [0, 0.05) is 0 Å². The SMILES string of the molecule is NC(N)c1ccc(F)cc1. The second kappa shape index (κ2) is 2.77. The zero-order chi connectivity index (χ0) is 7.56. The van der Waals surface area contributed by atoms with Crippen molar-refractivity contribution in [2.24, 2.45) is 11.5 Å². The van der Waals surface area contributed by atoms with E-state index < -0.39 is 6.17 Å². The molecular formula is C7H9FN2. The summed E-state index contributed by atoms with van der Waals surface area (Å²) in [5.41, 5.74) is 11.4. The van der Waals surface area contributed by atoms with E-state index in [1.807, 2.05) is 0 Å². The maximum Gasteiger partial charge on any atom is 0.123 e. The predicted octanol–water partition coefficient (Wildman–Crippen LogP) is 0.742. The Kier molecular flexibility index (Phi) is 1.99. The largest absolute Gasteiger partial charge is 0.312 e. The van der Waals surface area contributed by atoms with Gasteiger partial charge in [-0.05, 0) is 17.7 Å². The van der Waals surface area contributed by atoms with Crippen LogP contribution in [0.2, 0.25) is 0 Å². The average Bonchev–Trinajstić information content (AvgIpc) is 1.88. The number of rotatable bonds is 1. The summed E-state index contributed by atoms with van der Waals surface area (Å²) in [7, 11) is 0. The molecular weight excluding hydrogens is 131 g/mol. The molecule has 1 aromatic carbocycles. The molecule has 0 aliphatic heterocycles. The third kappa shape index (κ3) is 1.52. The van der Waals surface area contributed by atoms with Crippen LogP contribution in [-0.4, -0.2) is 0 Å². The summed E-state index contributed by atoms with van der Waals surface area (Å²) in [5.74, 6) is -0.274. The zero-order valence-corrected chi connectivity index (χ0v) is 5.42. The fraction of sp³-hybridized carbons (Fsp3) is 0.143. The van der Waals surface area contributed by atoms with E-state index in [2.05, 4.69) is 0 Å². The lowest BCUT2D eigenvalue weighted by atomic mass is 10.2. The van der Waals surface area contributed by atoms with Gasteiger partial charge < -0.3 is 11.5 Å². The van der Waals surface area contributed by atoms with Gasteiger partial charge in [-0.1, -0.05) is 12.1 Å². The van der Waals surface area contributed by atoms with Crippen LogP contribution in [0.3, 0.4) is 0 Å². The van der Waals surface area contributed by atoms with E-state index in [1.165, 1.54) is 12.1 Å². The summed E-state index contributed by atoms with van der Waals surface area (Å²) in [6.45, 7) is 0. The van der Waals surface area contributed by atoms with Gasteiger partial charge in [0.1, 0.15) is 5.82 Å². The minimum absolute atomic E-state index is 0.274. The van der Waals surface area contributed by atoms with E-state index in [9.17, 15) is 4.39 Å². The molecule has 0 saturated heterocycles. The highest BCUT2D eigenvalue weighted by atomic mass is 19.1. The highest BCUT2D eigenvalue weighted by molar-refractivity contribution is 5.18. The van der Waals surface area contributed by atoms with E-state index in [0.29, 0.717) is 0 Å². The van der Waals surface area contributed by atoms with E-state index in [1.54, 1.807) is 12.1 Å². The molecule has 0 heterocycles. The van der Waals surface area contributed by atoms with Crippen molar-refractivity contribution in [2.45, 2.75) is 6.17 Å². The lowest BCUT2D eigenvalue weighted by Gasteiger charge is -2.03. The van der Waals surface area contributed by atoms with Crippen LogP contribution in [0, 0.1) is 5.82 Å². The third-order valence-electron chi connectivity index (χ3n) is 1.25. The number of hydrogen-bond acceptors (Lipinski definition) is 2. The molecule has 0 saturated carbocycles. The lowest BCUT2D eigenvalue weighted by Crippen LogP contribution is -2.19. The number of hydrogen-bond donors (Lipinski definition) is 2. The maximum atomic E-state index is 12.3. The molecule has 4 N–H and O–H groups in total. The molecule has 0 fully saturated rings. The molecule has 54 valence electrons. The Labute approximate surface area is 58.6 Å². The van der Waals surface area contributed by atoms with Crippen molar-refractivity contribution in [3.63, 3.8) is 0 Å². The van der Waals surface area contributed by atoms with Crippen LogP contribution in [0.15, 0.2) is 24.3 Å². The van der Waals surface area contributed by atoms with Gasteiger partial charge in [0.15, 0.2) is 0 Å². The van der Waals surface area contributed by atoms with Gasteiger partial charge in [-0.2, -0.15) is 0 Å². The Bertz CT molecular complexity index is 205.